The van der Waals surface area contributed by atoms with Gasteiger partial charge >= 0.3 is 0 Å². The summed E-state index contributed by atoms with van der Waals surface area (Å²) in [6.07, 6.45) is 4.11. The van der Waals surface area contributed by atoms with Gasteiger partial charge in [0.2, 0.25) is 0 Å². The lowest BCUT2D eigenvalue weighted by atomic mass is 9.89. The normalized spacial score (nSPS) is 14.3. The first-order chi connectivity index (χ1) is 4.22. The Kier molecular flexibility index (Phi) is 4.84. The molecule has 0 amide bonds. The average molecular weight is 128 g/mol. The quantitative estimate of drug-likeness (QED) is 0.544. The number of hydrogen-bond acceptors (Lipinski definition) is 0. The predicted molar refractivity (Wildman–Crippen MR) is 43.5 cm³/mol. The van der Waals surface area contributed by atoms with E-state index in [4.69, 9.17) is 0 Å². The minimum atomic E-state index is 0.884. The molecule has 0 aromatic carbocycles. The smallest absolute Gasteiger partial charge is 0.0394 e. The monoisotopic (exact) mass is 128 g/mol. The van der Waals surface area contributed by atoms with Crippen LogP contribution in [-0.2, 0) is 0 Å². The van der Waals surface area contributed by atoms with Crippen molar-refractivity contribution in [3.8, 4) is 0 Å². The maximum absolute atomic E-state index is 2.32. The molecule has 1 atom stereocenters. The van der Waals surface area contributed by atoms with Gasteiger partial charge in [-0.2, -0.15) is 0 Å². The molecule has 56 valence electrons. The van der Waals surface area contributed by atoms with Crippen molar-refractivity contribution in [3.05, 3.63) is 0 Å². The van der Waals surface area contributed by atoms with Gasteiger partial charge in [0.05, 0.1) is 0 Å². The Bertz CT molecular complexity index is 55.1. The Labute approximate surface area is 59.7 Å². The minimum absolute atomic E-state index is 0.884. The highest BCUT2D eigenvalue weighted by molar-refractivity contribution is 4.59. The molecule has 0 aliphatic rings. The number of hydrogen-bond donors (Lipinski definition) is 0. The molecule has 0 fully saturated rings. The lowest BCUT2D eigenvalue weighted by molar-refractivity contribution is 0.346. The van der Waals surface area contributed by atoms with Gasteiger partial charge in [0.25, 0.3) is 0 Å². The van der Waals surface area contributed by atoms with Crippen LogP contribution in [0.4, 0.5) is 0 Å². The fraction of sp³-hybridized carbons (Fsp3) is 1.00. The van der Waals surface area contributed by atoms with Crippen molar-refractivity contribution in [2.75, 3.05) is 0 Å². The second-order valence-electron chi connectivity index (χ2n) is 3.20. The van der Waals surface area contributed by atoms with E-state index in [0.29, 0.717) is 0 Å². The van der Waals surface area contributed by atoms with Crippen LogP contribution in [0, 0.1) is 11.8 Å². The molecule has 0 unspecified atom stereocenters. The first-order valence-electron chi connectivity index (χ1n) is 4.22. The summed E-state index contributed by atoms with van der Waals surface area (Å²) in [6, 6.07) is 0. The zero-order valence-corrected chi connectivity index (χ0v) is 7.28. The van der Waals surface area contributed by atoms with Gasteiger partial charge in [-0.15, -0.1) is 0 Å². The zero-order chi connectivity index (χ0) is 7.28. The van der Waals surface area contributed by atoms with Crippen molar-refractivity contribution in [3.63, 3.8) is 0 Å². The molecule has 0 spiro atoms. The van der Waals surface area contributed by atoms with Gasteiger partial charge in [-0.05, 0) is 11.8 Å². The molecule has 0 rings (SSSR count). The average Bonchev–Trinajstić information content (AvgIpc) is 1.82. The van der Waals surface area contributed by atoms with Gasteiger partial charge in [-0.1, -0.05) is 47.0 Å². The highest BCUT2D eigenvalue weighted by atomic mass is 14.1. The third-order valence-corrected chi connectivity index (χ3v) is 2.13. The summed E-state index contributed by atoms with van der Waals surface area (Å²) < 4.78 is 0. The third-order valence-electron chi connectivity index (χ3n) is 2.13. The summed E-state index contributed by atoms with van der Waals surface area (Å²) in [6.45, 7) is 9.21. The van der Waals surface area contributed by atoms with Crippen LogP contribution in [0.25, 0.3) is 0 Å². The minimum Gasteiger partial charge on any atom is -0.0654 e. The highest BCUT2D eigenvalue weighted by Gasteiger charge is 2.08. The van der Waals surface area contributed by atoms with Crippen molar-refractivity contribution in [2.45, 2.75) is 47.0 Å². The van der Waals surface area contributed by atoms with E-state index < -0.39 is 0 Å². The van der Waals surface area contributed by atoms with Crippen LogP contribution < -0.4 is 0 Å². The van der Waals surface area contributed by atoms with Gasteiger partial charge in [0, 0.05) is 0 Å². The van der Waals surface area contributed by atoms with Crippen molar-refractivity contribution in [1.82, 2.24) is 0 Å². The van der Waals surface area contributed by atoms with Crippen molar-refractivity contribution in [1.29, 1.82) is 0 Å². The molecule has 0 aromatic rings. The lowest BCUT2D eigenvalue weighted by Crippen LogP contribution is -2.06. The third kappa shape index (κ3) is 3.56. The molecule has 0 aliphatic heterocycles. The Balaban J connectivity index is 3.41. The van der Waals surface area contributed by atoms with Crippen LogP contribution in [0.3, 0.4) is 0 Å². The van der Waals surface area contributed by atoms with Crippen molar-refractivity contribution in [2.24, 2.45) is 11.8 Å². The van der Waals surface area contributed by atoms with Crippen molar-refractivity contribution >= 4 is 0 Å². The largest absolute Gasteiger partial charge is 0.0654 e. The second kappa shape index (κ2) is 4.84. The summed E-state index contributed by atoms with van der Waals surface area (Å²) in [5.74, 6) is 1.85. The fourth-order valence-electron chi connectivity index (χ4n) is 1.38. The van der Waals surface area contributed by atoms with Crippen LogP contribution in [0.5, 0.6) is 0 Å². The van der Waals surface area contributed by atoms with Crippen LogP contribution in [0.15, 0.2) is 0 Å². The number of rotatable bonds is 4. The summed E-state index contributed by atoms with van der Waals surface area (Å²) in [4.78, 5) is 0. The Morgan fingerprint density at radius 1 is 1.11 bits per heavy atom. The molecule has 0 nitrogen and oxygen atoms in total. The molecule has 0 aromatic heterocycles. The van der Waals surface area contributed by atoms with E-state index >= 15 is 0 Å². The standard InChI is InChI=1S/C9H20/c1-5-7-9(6-2)8(3)4/h8-9H,5-7H2,1-4H3/t9-/m1/s1. The Morgan fingerprint density at radius 2 is 1.67 bits per heavy atom. The van der Waals surface area contributed by atoms with Crippen LogP contribution in [0.2, 0.25) is 0 Å². The first-order valence-corrected chi connectivity index (χ1v) is 4.22. The van der Waals surface area contributed by atoms with E-state index in [0.717, 1.165) is 11.8 Å². The SMILES string of the molecule is CCC[C@@H](CC)C(C)C. The van der Waals surface area contributed by atoms with E-state index in [9.17, 15) is 0 Å². The maximum Gasteiger partial charge on any atom is -0.0394 e. The van der Waals surface area contributed by atoms with E-state index in [1.807, 2.05) is 0 Å². The molecule has 0 saturated carbocycles. The highest BCUT2D eigenvalue weighted by Crippen LogP contribution is 2.19. The topological polar surface area (TPSA) is 0 Å². The molecule has 0 radical (unpaired) electrons. The molecule has 0 heteroatoms. The Hall–Kier alpha value is 0. The van der Waals surface area contributed by atoms with Gasteiger partial charge in [0.15, 0.2) is 0 Å². The molecular weight excluding hydrogens is 108 g/mol. The zero-order valence-electron chi connectivity index (χ0n) is 7.28. The van der Waals surface area contributed by atoms with Gasteiger partial charge in [-0.3, -0.25) is 0 Å². The molecule has 0 aliphatic carbocycles. The Morgan fingerprint density at radius 3 is 1.78 bits per heavy atom. The van der Waals surface area contributed by atoms with Crippen LogP contribution in [-0.4, -0.2) is 0 Å². The summed E-state index contributed by atoms with van der Waals surface area (Å²) >= 11 is 0. The van der Waals surface area contributed by atoms with E-state index in [-0.39, 0.29) is 0 Å². The van der Waals surface area contributed by atoms with Crippen LogP contribution >= 0.6 is 0 Å². The van der Waals surface area contributed by atoms with Gasteiger partial charge < -0.3 is 0 Å². The predicted octanol–water partition coefficient (Wildman–Crippen LogP) is 3.47. The van der Waals surface area contributed by atoms with E-state index in [2.05, 4.69) is 27.7 Å². The molecular formula is C9H20. The second-order valence-corrected chi connectivity index (χ2v) is 3.20. The van der Waals surface area contributed by atoms with Gasteiger partial charge in [-0.25, -0.2) is 0 Å². The van der Waals surface area contributed by atoms with Crippen molar-refractivity contribution < 1.29 is 0 Å². The molecule has 0 N–H and O–H groups in total. The maximum atomic E-state index is 2.32. The first kappa shape index (κ1) is 9.00. The van der Waals surface area contributed by atoms with Crippen LogP contribution in [0.1, 0.15) is 47.0 Å². The van der Waals surface area contributed by atoms with E-state index in [1.165, 1.54) is 19.3 Å². The lowest BCUT2D eigenvalue weighted by Gasteiger charge is -2.17. The summed E-state index contributed by atoms with van der Waals surface area (Å²) in [5.41, 5.74) is 0. The van der Waals surface area contributed by atoms with Gasteiger partial charge in [0.1, 0.15) is 0 Å². The molecule has 9 heavy (non-hydrogen) atoms. The fourth-order valence-corrected chi connectivity index (χ4v) is 1.38. The molecule has 0 heterocycles. The molecule has 0 bridgehead atoms. The summed E-state index contributed by atoms with van der Waals surface area (Å²) in [5, 5.41) is 0. The van der Waals surface area contributed by atoms with E-state index in [1.54, 1.807) is 0 Å². The summed E-state index contributed by atoms with van der Waals surface area (Å²) in [7, 11) is 0. The molecule has 0 saturated heterocycles.